The molecule has 0 heterocycles. The van der Waals surface area contributed by atoms with E-state index in [-0.39, 0.29) is 5.91 Å². The fraction of sp³-hybridized carbons (Fsp3) is 0.533. The Morgan fingerprint density at radius 1 is 1.28 bits per heavy atom. The summed E-state index contributed by atoms with van der Waals surface area (Å²) in [5.41, 5.74) is 1.85. The van der Waals surface area contributed by atoms with Gasteiger partial charge in [0.2, 0.25) is 0 Å². The molecule has 3 nitrogen and oxygen atoms in total. The van der Waals surface area contributed by atoms with Crippen molar-refractivity contribution >= 4 is 11.6 Å². The van der Waals surface area contributed by atoms with Crippen molar-refractivity contribution < 1.29 is 4.79 Å². The minimum Gasteiger partial charge on any atom is -0.385 e. The molecule has 0 aliphatic heterocycles. The van der Waals surface area contributed by atoms with Crippen LogP contribution in [0.25, 0.3) is 0 Å². The Morgan fingerprint density at radius 3 is 2.44 bits per heavy atom. The maximum absolute atomic E-state index is 12.3. The van der Waals surface area contributed by atoms with Crippen LogP contribution in [0.3, 0.4) is 0 Å². The maximum Gasteiger partial charge on any atom is 0.253 e. The molecule has 1 aromatic rings. The summed E-state index contributed by atoms with van der Waals surface area (Å²) in [6.45, 7) is 2.96. The molecule has 1 aromatic carbocycles. The zero-order valence-electron chi connectivity index (χ0n) is 11.3. The zero-order chi connectivity index (χ0) is 13.0. The summed E-state index contributed by atoms with van der Waals surface area (Å²) >= 11 is 0. The van der Waals surface area contributed by atoms with E-state index in [1.54, 1.807) is 0 Å². The van der Waals surface area contributed by atoms with E-state index < -0.39 is 0 Å². The summed E-state index contributed by atoms with van der Waals surface area (Å²) in [5, 5.41) is 3.23. The number of hydrogen-bond acceptors (Lipinski definition) is 2. The number of nitrogens with one attached hydrogen (secondary N) is 1. The fourth-order valence-corrected chi connectivity index (χ4v) is 2.60. The molecule has 3 heteroatoms. The molecular formula is C15H22N2O. The quantitative estimate of drug-likeness (QED) is 0.885. The van der Waals surface area contributed by atoms with Crippen molar-refractivity contribution in [2.75, 3.05) is 18.9 Å². The van der Waals surface area contributed by atoms with Gasteiger partial charge in [0.1, 0.15) is 0 Å². The molecule has 1 aliphatic carbocycles. The van der Waals surface area contributed by atoms with E-state index in [4.69, 9.17) is 0 Å². The molecule has 18 heavy (non-hydrogen) atoms. The third-order valence-corrected chi connectivity index (χ3v) is 3.71. The van der Waals surface area contributed by atoms with Crippen molar-refractivity contribution in [3.8, 4) is 0 Å². The van der Waals surface area contributed by atoms with Crippen LogP contribution in [-0.4, -0.2) is 30.4 Å². The first kappa shape index (κ1) is 12.9. The van der Waals surface area contributed by atoms with Crippen LogP contribution in [0, 0.1) is 0 Å². The number of carbonyl (C=O) groups excluding carboxylic acids is 1. The number of benzene rings is 1. The second-order valence-corrected chi connectivity index (χ2v) is 4.96. The van der Waals surface area contributed by atoms with Crippen LogP contribution in [0.15, 0.2) is 24.3 Å². The second kappa shape index (κ2) is 5.89. The van der Waals surface area contributed by atoms with Gasteiger partial charge in [-0.3, -0.25) is 4.79 Å². The van der Waals surface area contributed by atoms with Crippen molar-refractivity contribution in [3.63, 3.8) is 0 Å². The number of nitrogens with zero attached hydrogens (tertiary/aromatic N) is 1. The Hall–Kier alpha value is -1.51. The van der Waals surface area contributed by atoms with Gasteiger partial charge in [0.05, 0.1) is 0 Å². The van der Waals surface area contributed by atoms with E-state index in [2.05, 4.69) is 12.2 Å². The molecule has 1 N–H and O–H groups in total. The monoisotopic (exact) mass is 246 g/mol. The minimum atomic E-state index is 0.143. The maximum atomic E-state index is 12.3. The number of hydrogen-bond donors (Lipinski definition) is 1. The van der Waals surface area contributed by atoms with E-state index in [1.165, 1.54) is 12.8 Å². The summed E-state index contributed by atoms with van der Waals surface area (Å²) in [6, 6.07) is 8.20. The molecule has 1 amide bonds. The Morgan fingerprint density at radius 2 is 1.89 bits per heavy atom. The molecule has 0 spiro atoms. The van der Waals surface area contributed by atoms with Gasteiger partial charge in [0, 0.05) is 30.9 Å². The Balaban J connectivity index is 2.03. The Labute approximate surface area is 109 Å². The molecule has 0 unspecified atom stereocenters. The van der Waals surface area contributed by atoms with E-state index in [0.29, 0.717) is 6.04 Å². The number of carbonyl (C=O) groups is 1. The fourth-order valence-electron chi connectivity index (χ4n) is 2.60. The first-order valence-corrected chi connectivity index (χ1v) is 6.83. The standard InChI is InChI=1S/C15H22N2O/c1-3-16-13-10-8-12(9-11-13)15(18)17(2)14-6-4-5-7-14/h8-11,14,16H,3-7H2,1-2H3. The van der Waals surface area contributed by atoms with E-state index in [0.717, 1.165) is 30.6 Å². The Bertz CT molecular complexity index is 393. The lowest BCUT2D eigenvalue weighted by Crippen LogP contribution is -2.35. The summed E-state index contributed by atoms with van der Waals surface area (Å²) in [6.07, 6.45) is 4.80. The van der Waals surface area contributed by atoms with Gasteiger partial charge in [-0.1, -0.05) is 12.8 Å². The van der Waals surface area contributed by atoms with Crippen LogP contribution in [-0.2, 0) is 0 Å². The number of anilines is 1. The SMILES string of the molecule is CCNc1ccc(C(=O)N(C)C2CCCC2)cc1. The normalized spacial score (nSPS) is 15.7. The molecule has 98 valence electrons. The van der Waals surface area contributed by atoms with E-state index in [9.17, 15) is 4.79 Å². The first-order chi connectivity index (χ1) is 8.72. The third-order valence-electron chi connectivity index (χ3n) is 3.71. The van der Waals surface area contributed by atoms with Gasteiger partial charge in [-0.25, -0.2) is 0 Å². The van der Waals surface area contributed by atoms with Gasteiger partial charge in [0.25, 0.3) is 5.91 Å². The highest BCUT2D eigenvalue weighted by Crippen LogP contribution is 2.23. The van der Waals surface area contributed by atoms with Crippen LogP contribution in [0.4, 0.5) is 5.69 Å². The number of amides is 1. The van der Waals surface area contributed by atoms with Crippen LogP contribution >= 0.6 is 0 Å². The highest BCUT2D eigenvalue weighted by atomic mass is 16.2. The predicted octanol–water partition coefficient (Wildman–Crippen LogP) is 3.13. The molecule has 0 saturated heterocycles. The van der Waals surface area contributed by atoms with Gasteiger partial charge in [-0.05, 0) is 44.0 Å². The van der Waals surface area contributed by atoms with Crippen molar-refractivity contribution in [1.82, 2.24) is 4.90 Å². The van der Waals surface area contributed by atoms with Crippen molar-refractivity contribution in [3.05, 3.63) is 29.8 Å². The van der Waals surface area contributed by atoms with E-state index in [1.807, 2.05) is 36.2 Å². The van der Waals surface area contributed by atoms with Crippen molar-refractivity contribution in [2.24, 2.45) is 0 Å². The second-order valence-electron chi connectivity index (χ2n) is 4.96. The van der Waals surface area contributed by atoms with Crippen LogP contribution in [0.2, 0.25) is 0 Å². The van der Waals surface area contributed by atoms with Crippen LogP contribution in [0.1, 0.15) is 43.0 Å². The van der Waals surface area contributed by atoms with Crippen LogP contribution < -0.4 is 5.32 Å². The summed E-state index contributed by atoms with van der Waals surface area (Å²) in [5.74, 6) is 0.143. The summed E-state index contributed by atoms with van der Waals surface area (Å²) in [4.78, 5) is 14.2. The van der Waals surface area contributed by atoms with Gasteiger partial charge in [0.15, 0.2) is 0 Å². The smallest absolute Gasteiger partial charge is 0.253 e. The third kappa shape index (κ3) is 2.84. The molecule has 0 aromatic heterocycles. The van der Waals surface area contributed by atoms with Gasteiger partial charge >= 0.3 is 0 Å². The summed E-state index contributed by atoms with van der Waals surface area (Å²) < 4.78 is 0. The molecular weight excluding hydrogens is 224 g/mol. The van der Waals surface area contributed by atoms with Gasteiger partial charge in [-0.2, -0.15) is 0 Å². The molecule has 1 aliphatic rings. The molecule has 0 radical (unpaired) electrons. The first-order valence-electron chi connectivity index (χ1n) is 6.83. The van der Waals surface area contributed by atoms with Gasteiger partial charge in [-0.15, -0.1) is 0 Å². The van der Waals surface area contributed by atoms with Crippen molar-refractivity contribution in [2.45, 2.75) is 38.6 Å². The average molecular weight is 246 g/mol. The van der Waals surface area contributed by atoms with Crippen LogP contribution in [0.5, 0.6) is 0 Å². The lowest BCUT2D eigenvalue weighted by atomic mass is 10.1. The summed E-state index contributed by atoms with van der Waals surface area (Å²) in [7, 11) is 1.93. The lowest BCUT2D eigenvalue weighted by Gasteiger charge is -2.24. The molecule has 1 fully saturated rings. The Kier molecular flexibility index (Phi) is 4.24. The van der Waals surface area contributed by atoms with Crippen molar-refractivity contribution in [1.29, 1.82) is 0 Å². The predicted molar refractivity (Wildman–Crippen MR) is 75.0 cm³/mol. The topological polar surface area (TPSA) is 32.3 Å². The minimum absolute atomic E-state index is 0.143. The molecule has 0 atom stereocenters. The average Bonchev–Trinajstić information content (AvgIpc) is 2.92. The molecule has 2 rings (SSSR count). The van der Waals surface area contributed by atoms with E-state index >= 15 is 0 Å². The number of rotatable bonds is 4. The largest absolute Gasteiger partial charge is 0.385 e. The lowest BCUT2D eigenvalue weighted by molar-refractivity contribution is 0.0735. The zero-order valence-corrected chi connectivity index (χ0v) is 11.3. The highest BCUT2D eigenvalue weighted by Gasteiger charge is 2.23. The molecule has 0 bridgehead atoms. The molecule has 1 saturated carbocycles. The van der Waals surface area contributed by atoms with Gasteiger partial charge < -0.3 is 10.2 Å². The highest BCUT2D eigenvalue weighted by molar-refractivity contribution is 5.94.